The minimum absolute atomic E-state index is 0.0775. The molecule has 1 aliphatic rings. The van der Waals surface area contributed by atoms with Crippen molar-refractivity contribution in [3.8, 4) is 5.75 Å². The van der Waals surface area contributed by atoms with Gasteiger partial charge in [-0.1, -0.05) is 11.6 Å². The zero-order valence-corrected chi connectivity index (χ0v) is 9.72. The van der Waals surface area contributed by atoms with Crippen LogP contribution in [0, 0.1) is 5.82 Å². The molecule has 1 N–H and O–H groups in total. The Labute approximate surface area is 109 Å². The zero-order valence-electron chi connectivity index (χ0n) is 8.96. The van der Waals surface area contributed by atoms with E-state index < -0.39 is 35.4 Å². The maximum atomic E-state index is 13.5. The average Bonchev–Trinajstić information content (AvgIpc) is 2.25. The van der Waals surface area contributed by atoms with Gasteiger partial charge in [-0.3, -0.25) is 0 Å². The second-order valence-corrected chi connectivity index (χ2v) is 4.19. The summed E-state index contributed by atoms with van der Waals surface area (Å²) in [5, 5.41) is 8.68. The third-order valence-corrected chi connectivity index (χ3v) is 2.63. The number of carboxylic acid groups (broad SMARTS) is 1. The SMILES string of the molecule is O=C(O)C1=Cc2cc(Cl)cc(F)c2OC1C(F)(F)F. The van der Waals surface area contributed by atoms with Gasteiger partial charge in [0.2, 0.25) is 6.10 Å². The average molecular weight is 297 g/mol. The molecule has 2 rings (SSSR count). The Morgan fingerprint density at radius 2 is 2.00 bits per heavy atom. The Kier molecular flexibility index (Phi) is 3.17. The molecule has 19 heavy (non-hydrogen) atoms. The molecule has 0 radical (unpaired) electrons. The van der Waals surface area contributed by atoms with Crippen molar-refractivity contribution in [3.63, 3.8) is 0 Å². The van der Waals surface area contributed by atoms with Gasteiger partial charge in [0.1, 0.15) is 0 Å². The van der Waals surface area contributed by atoms with E-state index in [-0.39, 0.29) is 10.6 Å². The number of aliphatic carboxylic acids is 1. The number of halogens is 5. The first kappa shape index (κ1) is 13.7. The van der Waals surface area contributed by atoms with Gasteiger partial charge in [0, 0.05) is 10.6 Å². The Hall–Kier alpha value is -1.76. The lowest BCUT2D eigenvalue weighted by molar-refractivity contribution is -0.187. The number of hydrogen-bond acceptors (Lipinski definition) is 2. The fourth-order valence-electron chi connectivity index (χ4n) is 1.65. The Bertz CT molecular complexity index is 580. The normalized spacial score (nSPS) is 18.4. The molecule has 0 saturated heterocycles. The van der Waals surface area contributed by atoms with Crippen molar-refractivity contribution >= 4 is 23.6 Å². The van der Waals surface area contributed by atoms with Gasteiger partial charge in [-0.25, -0.2) is 9.18 Å². The summed E-state index contributed by atoms with van der Waals surface area (Å²) in [6.45, 7) is 0. The standard InChI is InChI=1S/C11H5ClF4O3/c12-5-1-4-2-6(10(17)18)9(11(14,15)16)19-8(4)7(13)3-5/h1-3,9H,(H,17,18). The highest BCUT2D eigenvalue weighted by Crippen LogP contribution is 2.39. The monoisotopic (exact) mass is 296 g/mol. The molecule has 1 atom stereocenters. The molecule has 0 fully saturated rings. The molecule has 1 unspecified atom stereocenters. The number of carboxylic acids is 1. The van der Waals surface area contributed by atoms with Crippen LogP contribution < -0.4 is 4.74 Å². The molecule has 0 spiro atoms. The lowest BCUT2D eigenvalue weighted by Crippen LogP contribution is -2.40. The van der Waals surface area contributed by atoms with Crippen LogP contribution >= 0.6 is 11.6 Å². The fourth-order valence-corrected chi connectivity index (χ4v) is 1.87. The fraction of sp³-hybridized carbons (Fsp3) is 0.182. The summed E-state index contributed by atoms with van der Waals surface area (Å²) in [5.41, 5.74) is -1.18. The summed E-state index contributed by atoms with van der Waals surface area (Å²) in [4.78, 5) is 10.8. The lowest BCUT2D eigenvalue weighted by atomic mass is 10.0. The van der Waals surface area contributed by atoms with Crippen LogP contribution in [0.2, 0.25) is 5.02 Å². The molecule has 1 aromatic rings. The predicted octanol–water partition coefficient (Wildman–Crippen LogP) is 3.27. The summed E-state index contributed by atoms with van der Waals surface area (Å²) in [5.74, 6) is -3.55. The largest absolute Gasteiger partial charge is 0.478 e. The number of ether oxygens (including phenoxy) is 1. The molecule has 0 aromatic heterocycles. The number of carbonyl (C=O) groups is 1. The number of hydrogen-bond donors (Lipinski definition) is 1. The first-order valence-electron chi connectivity index (χ1n) is 4.87. The topological polar surface area (TPSA) is 46.5 Å². The van der Waals surface area contributed by atoms with Crippen LogP contribution in [0.4, 0.5) is 17.6 Å². The minimum Gasteiger partial charge on any atom is -0.478 e. The third-order valence-electron chi connectivity index (χ3n) is 2.41. The minimum atomic E-state index is -4.96. The van der Waals surface area contributed by atoms with Gasteiger partial charge in [-0.05, 0) is 18.2 Å². The van der Waals surface area contributed by atoms with E-state index in [2.05, 4.69) is 4.74 Å². The van der Waals surface area contributed by atoms with Crippen LogP contribution in [0.5, 0.6) is 5.75 Å². The van der Waals surface area contributed by atoms with E-state index in [1.165, 1.54) is 0 Å². The smallest absolute Gasteiger partial charge is 0.430 e. The highest BCUT2D eigenvalue weighted by molar-refractivity contribution is 6.30. The highest BCUT2D eigenvalue weighted by atomic mass is 35.5. The van der Waals surface area contributed by atoms with Gasteiger partial charge in [-0.2, -0.15) is 13.2 Å². The summed E-state index contributed by atoms with van der Waals surface area (Å²) < 4.78 is 56.0. The molecule has 102 valence electrons. The summed E-state index contributed by atoms with van der Waals surface area (Å²) in [6.07, 6.45) is -6.98. The van der Waals surface area contributed by atoms with Crippen molar-refractivity contribution in [2.45, 2.75) is 12.3 Å². The quantitative estimate of drug-likeness (QED) is 0.809. The zero-order chi connectivity index (χ0) is 14.4. The van der Waals surface area contributed by atoms with Crippen molar-refractivity contribution in [2.24, 2.45) is 0 Å². The summed E-state index contributed by atoms with van der Waals surface area (Å²) in [6, 6.07) is 1.91. The van der Waals surface area contributed by atoms with Crippen molar-refractivity contribution in [1.29, 1.82) is 0 Å². The van der Waals surface area contributed by atoms with Crippen LogP contribution in [0.15, 0.2) is 17.7 Å². The molecule has 1 heterocycles. The van der Waals surface area contributed by atoms with E-state index >= 15 is 0 Å². The van der Waals surface area contributed by atoms with Crippen molar-refractivity contribution in [1.82, 2.24) is 0 Å². The van der Waals surface area contributed by atoms with Crippen molar-refractivity contribution in [2.75, 3.05) is 0 Å². The van der Waals surface area contributed by atoms with Crippen LogP contribution in [-0.2, 0) is 4.79 Å². The van der Waals surface area contributed by atoms with Gasteiger partial charge in [0.15, 0.2) is 11.6 Å². The number of benzene rings is 1. The predicted molar refractivity (Wildman–Crippen MR) is 57.5 cm³/mol. The molecular weight excluding hydrogens is 292 g/mol. The summed E-state index contributed by atoms with van der Waals surface area (Å²) >= 11 is 5.54. The first-order chi connectivity index (χ1) is 8.70. The second-order valence-electron chi connectivity index (χ2n) is 3.75. The molecule has 1 aliphatic heterocycles. The second kappa shape index (κ2) is 4.41. The summed E-state index contributed by atoms with van der Waals surface area (Å²) in [7, 11) is 0. The maximum absolute atomic E-state index is 13.5. The molecule has 0 amide bonds. The highest BCUT2D eigenvalue weighted by Gasteiger charge is 2.48. The molecule has 0 saturated carbocycles. The number of alkyl halides is 3. The van der Waals surface area contributed by atoms with E-state index in [1.54, 1.807) is 0 Å². The molecule has 0 aliphatic carbocycles. The molecular formula is C11H5ClF4O3. The van der Waals surface area contributed by atoms with Crippen LogP contribution in [-0.4, -0.2) is 23.4 Å². The molecule has 1 aromatic carbocycles. The Morgan fingerprint density at radius 1 is 1.37 bits per heavy atom. The van der Waals surface area contributed by atoms with Gasteiger partial charge in [0.05, 0.1) is 5.57 Å². The molecule has 8 heteroatoms. The number of rotatable bonds is 1. The third kappa shape index (κ3) is 2.51. The Morgan fingerprint density at radius 3 is 2.53 bits per heavy atom. The van der Waals surface area contributed by atoms with E-state index in [1.807, 2.05) is 0 Å². The van der Waals surface area contributed by atoms with Gasteiger partial charge in [-0.15, -0.1) is 0 Å². The van der Waals surface area contributed by atoms with Gasteiger partial charge in [0.25, 0.3) is 0 Å². The number of fused-ring (bicyclic) bond motifs is 1. The van der Waals surface area contributed by atoms with Crippen LogP contribution in [0.1, 0.15) is 5.56 Å². The van der Waals surface area contributed by atoms with Crippen LogP contribution in [0.25, 0.3) is 6.08 Å². The first-order valence-corrected chi connectivity index (χ1v) is 5.25. The molecule has 0 bridgehead atoms. The van der Waals surface area contributed by atoms with E-state index in [9.17, 15) is 22.4 Å². The lowest BCUT2D eigenvalue weighted by Gasteiger charge is -2.27. The van der Waals surface area contributed by atoms with E-state index in [4.69, 9.17) is 16.7 Å². The van der Waals surface area contributed by atoms with Crippen molar-refractivity contribution < 1.29 is 32.2 Å². The van der Waals surface area contributed by atoms with Gasteiger partial charge >= 0.3 is 12.1 Å². The maximum Gasteiger partial charge on any atom is 0.430 e. The Balaban J connectivity index is 2.61. The van der Waals surface area contributed by atoms with E-state index in [0.29, 0.717) is 6.08 Å². The van der Waals surface area contributed by atoms with Crippen LogP contribution in [0.3, 0.4) is 0 Å². The van der Waals surface area contributed by atoms with Crippen molar-refractivity contribution in [3.05, 3.63) is 34.1 Å². The van der Waals surface area contributed by atoms with E-state index in [0.717, 1.165) is 12.1 Å². The molecule has 3 nitrogen and oxygen atoms in total. The van der Waals surface area contributed by atoms with Gasteiger partial charge < -0.3 is 9.84 Å².